The Bertz CT molecular complexity index is 994. The Morgan fingerprint density at radius 3 is 2.40 bits per heavy atom. The molecule has 0 fully saturated rings. The van der Waals surface area contributed by atoms with Gasteiger partial charge in [-0.05, 0) is 57.0 Å². The lowest BCUT2D eigenvalue weighted by atomic mass is 10.0. The van der Waals surface area contributed by atoms with Crippen LogP contribution in [-0.4, -0.2) is 43.1 Å². The minimum Gasteiger partial charge on any atom is -0.496 e. The Kier molecular flexibility index (Phi) is 6.57. The number of nitrogens with zero attached hydrogens (tertiary/aromatic N) is 1. The highest BCUT2D eigenvalue weighted by molar-refractivity contribution is 6.37. The van der Waals surface area contributed by atoms with Crippen molar-refractivity contribution >= 4 is 23.1 Å². The fourth-order valence-electron chi connectivity index (χ4n) is 3.34. The van der Waals surface area contributed by atoms with E-state index >= 15 is 0 Å². The van der Waals surface area contributed by atoms with Crippen molar-refractivity contribution in [3.63, 3.8) is 0 Å². The number of imide groups is 1. The highest BCUT2D eigenvalue weighted by Crippen LogP contribution is 2.35. The summed E-state index contributed by atoms with van der Waals surface area (Å²) >= 11 is 0. The first kappa shape index (κ1) is 21.6. The van der Waals surface area contributed by atoms with Gasteiger partial charge in [0.1, 0.15) is 11.4 Å². The normalized spacial score (nSPS) is 14.1. The summed E-state index contributed by atoms with van der Waals surface area (Å²) < 4.78 is 11.0. The number of nitrogens with one attached hydrogen (secondary N) is 1. The van der Waals surface area contributed by atoms with Gasteiger partial charge in [-0.15, -0.1) is 0 Å². The topological polar surface area (TPSA) is 67.9 Å². The SMILES string of the molecule is COc1ccccc1C1=C(Nc2ccc(C)c(C)c2)C(=O)N(CCOC(C)C)C1=O. The van der Waals surface area contributed by atoms with Gasteiger partial charge in [-0.2, -0.15) is 0 Å². The summed E-state index contributed by atoms with van der Waals surface area (Å²) in [5.41, 5.74) is 4.13. The van der Waals surface area contributed by atoms with E-state index in [9.17, 15) is 9.59 Å². The van der Waals surface area contributed by atoms with Crippen LogP contribution in [0.4, 0.5) is 5.69 Å². The van der Waals surface area contributed by atoms with Gasteiger partial charge in [-0.1, -0.05) is 24.3 Å². The third-order valence-electron chi connectivity index (χ3n) is 5.09. The van der Waals surface area contributed by atoms with E-state index in [0.29, 0.717) is 16.9 Å². The molecule has 6 heteroatoms. The highest BCUT2D eigenvalue weighted by atomic mass is 16.5. The van der Waals surface area contributed by atoms with Crippen LogP contribution in [-0.2, 0) is 14.3 Å². The van der Waals surface area contributed by atoms with Crippen LogP contribution < -0.4 is 10.1 Å². The molecule has 0 saturated carbocycles. The van der Waals surface area contributed by atoms with Gasteiger partial charge >= 0.3 is 0 Å². The summed E-state index contributed by atoms with van der Waals surface area (Å²) in [5, 5.41) is 3.19. The van der Waals surface area contributed by atoms with Crippen molar-refractivity contribution in [2.75, 3.05) is 25.6 Å². The number of methoxy groups -OCH3 is 1. The lowest BCUT2D eigenvalue weighted by molar-refractivity contribution is -0.137. The molecule has 30 heavy (non-hydrogen) atoms. The van der Waals surface area contributed by atoms with Crippen molar-refractivity contribution < 1.29 is 19.1 Å². The van der Waals surface area contributed by atoms with Crippen molar-refractivity contribution in [1.82, 2.24) is 4.90 Å². The van der Waals surface area contributed by atoms with E-state index in [1.54, 1.807) is 19.2 Å². The molecule has 3 rings (SSSR count). The lowest BCUT2D eigenvalue weighted by Crippen LogP contribution is -2.35. The first-order valence-corrected chi connectivity index (χ1v) is 10.0. The van der Waals surface area contributed by atoms with Crippen LogP contribution in [0.3, 0.4) is 0 Å². The fourth-order valence-corrected chi connectivity index (χ4v) is 3.34. The Morgan fingerprint density at radius 1 is 1.00 bits per heavy atom. The van der Waals surface area contributed by atoms with E-state index in [0.717, 1.165) is 16.8 Å². The Hall–Kier alpha value is -3.12. The monoisotopic (exact) mass is 408 g/mol. The molecule has 0 unspecified atom stereocenters. The number of carbonyl (C=O) groups is 2. The number of ether oxygens (including phenoxy) is 2. The number of hydrogen-bond donors (Lipinski definition) is 1. The van der Waals surface area contributed by atoms with Gasteiger partial charge in [0.15, 0.2) is 0 Å². The number of hydrogen-bond acceptors (Lipinski definition) is 5. The third-order valence-corrected chi connectivity index (χ3v) is 5.09. The molecular weight excluding hydrogens is 380 g/mol. The minimum absolute atomic E-state index is 0.0209. The molecule has 0 bridgehead atoms. The van der Waals surface area contributed by atoms with Gasteiger partial charge in [-0.3, -0.25) is 14.5 Å². The first-order valence-electron chi connectivity index (χ1n) is 10.0. The Labute approximate surface area is 177 Å². The van der Waals surface area contributed by atoms with Crippen LogP contribution in [0.25, 0.3) is 5.57 Å². The van der Waals surface area contributed by atoms with Gasteiger partial charge in [0, 0.05) is 11.3 Å². The van der Waals surface area contributed by atoms with Gasteiger partial charge in [0.2, 0.25) is 0 Å². The van der Waals surface area contributed by atoms with Crippen molar-refractivity contribution in [2.45, 2.75) is 33.8 Å². The van der Waals surface area contributed by atoms with Crippen molar-refractivity contribution in [3.8, 4) is 5.75 Å². The quantitative estimate of drug-likeness (QED) is 0.671. The molecule has 1 aliphatic heterocycles. The van der Waals surface area contributed by atoms with E-state index in [2.05, 4.69) is 5.32 Å². The summed E-state index contributed by atoms with van der Waals surface area (Å²) in [6.45, 7) is 8.34. The Balaban J connectivity index is 2.02. The predicted molar refractivity (Wildman–Crippen MR) is 117 cm³/mol. The molecule has 1 N–H and O–H groups in total. The number of anilines is 1. The summed E-state index contributed by atoms with van der Waals surface area (Å²) in [7, 11) is 1.55. The molecule has 0 aromatic heterocycles. The highest BCUT2D eigenvalue weighted by Gasteiger charge is 2.40. The Morgan fingerprint density at radius 2 is 1.73 bits per heavy atom. The molecule has 6 nitrogen and oxygen atoms in total. The van der Waals surface area contributed by atoms with Crippen LogP contribution in [0.15, 0.2) is 48.2 Å². The van der Waals surface area contributed by atoms with E-state index in [1.165, 1.54) is 4.90 Å². The summed E-state index contributed by atoms with van der Waals surface area (Å²) in [5.74, 6) is -0.192. The van der Waals surface area contributed by atoms with E-state index < -0.39 is 0 Å². The number of benzene rings is 2. The number of aryl methyl sites for hydroxylation is 2. The van der Waals surface area contributed by atoms with Crippen molar-refractivity contribution in [3.05, 3.63) is 64.9 Å². The number of rotatable bonds is 8. The van der Waals surface area contributed by atoms with Crippen molar-refractivity contribution in [1.29, 1.82) is 0 Å². The average Bonchev–Trinajstić information content (AvgIpc) is 2.94. The van der Waals surface area contributed by atoms with Gasteiger partial charge < -0.3 is 14.8 Å². The van der Waals surface area contributed by atoms with Crippen LogP contribution in [0.1, 0.15) is 30.5 Å². The van der Waals surface area contributed by atoms with Gasteiger partial charge in [0.25, 0.3) is 11.8 Å². The summed E-state index contributed by atoms with van der Waals surface area (Å²) in [4.78, 5) is 27.7. The first-order chi connectivity index (χ1) is 14.3. The molecule has 2 aromatic carbocycles. The largest absolute Gasteiger partial charge is 0.496 e. The minimum atomic E-state index is -0.369. The molecule has 1 aliphatic rings. The van der Waals surface area contributed by atoms with Crippen LogP contribution >= 0.6 is 0 Å². The molecule has 0 spiro atoms. The fraction of sp³-hybridized carbons (Fsp3) is 0.333. The smallest absolute Gasteiger partial charge is 0.278 e. The molecule has 0 aliphatic carbocycles. The molecule has 0 radical (unpaired) electrons. The zero-order valence-corrected chi connectivity index (χ0v) is 18.1. The molecule has 0 saturated heterocycles. The second-order valence-corrected chi connectivity index (χ2v) is 7.56. The molecule has 2 aromatic rings. The third kappa shape index (κ3) is 4.39. The van der Waals surface area contributed by atoms with E-state index in [-0.39, 0.29) is 36.8 Å². The lowest BCUT2D eigenvalue weighted by Gasteiger charge is -2.16. The maximum Gasteiger partial charge on any atom is 0.278 e. The zero-order valence-electron chi connectivity index (χ0n) is 18.1. The number of para-hydroxylation sites is 1. The van der Waals surface area contributed by atoms with E-state index in [4.69, 9.17) is 9.47 Å². The summed E-state index contributed by atoms with van der Waals surface area (Å²) in [6.07, 6.45) is 0.0209. The second-order valence-electron chi connectivity index (χ2n) is 7.56. The number of carbonyl (C=O) groups excluding carboxylic acids is 2. The molecule has 0 atom stereocenters. The standard InChI is InChI=1S/C24H28N2O4/c1-15(2)30-13-12-26-23(27)21(19-8-6-7-9-20(19)29-5)22(24(26)28)25-18-11-10-16(3)17(4)14-18/h6-11,14-15,25H,12-13H2,1-5H3. The van der Waals surface area contributed by atoms with Crippen molar-refractivity contribution in [2.24, 2.45) is 0 Å². The number of amides is 2. The average molecular weight is 408 g/mol. The second kappa shape index (κ2) is 9.13. The van der Waals surface area contributed by atoms with Crippen LogP contribution in [0.5, 0.6) is 5.75 Å². The molecule has 158 valence electrons. The summed E-state index contributed by atoms with van der Waals surface area (Å²) in [6, 6.07) is 13.1. The van der Waals surface area contributed by atoms with Crippen LogP contribution in [0.2, 0.25) is 0 Å². The molecule has 1 heterocycles. The van der Waals surface area contributed by atoms with Crippen LogP contribution in [0, 0.1) is 13.8 Å². The maximum absolute atomic E-state index is 13.3. The predicted octanol–water partition coefficient (Wildman–Crippen LogP) is 3.93. The molecule has 2 amide bonds. The maximum atomic E-state index is 13.3. The van der Waals surface area contributed by atoms with Gasteiger partial charge in [0.05, 0.1) is 31.9 Å². The van der Waals surface area contributed by atoms with E-state index in [1.807, 2.05) is 58.0 Å². The molecular formula is C24H28N2O4. The zero-order chi connectivity index (χ0) is 21.8. The van der Waals surface area contributed by atoms with Gasteiger partial charge in [-0.25, -0.2) is 0 Å².